The lowest BCUT2D eigenvalue weighted by molar-refractivity contribution is -0.133. The van der Waals surface area contributed by atoms with Gasteiger partial charge in [-0.05, 0) is 43.5 Å². The molecule has 2 N–H and O–H groups in total. The van der Waals surface area contributed by atoms with E-state index >= 15 is 0 Å². The Hall–Kier alpha value is -2.04. The molecule has 0 bridgehead atoms. The van der Waals surface area contributed by atoms with E-state index in [0.29, 0.717) is 17.3 Å². The highest BCUT2D eigenvalue weighted by molar-refractivity contribution is 5.92. The zero-order chi connectivity index (χ0) is 14.0. The number of amides is 1. The average molecular weight is 262 g/mol. The summed E-state index contributed by atoms with van der Waals surface area (Å²) in [7, 11) is 1.74. The number of hydrogen-bond acceptors (Lipinski definition) is 4. The van der Waals surface area contributed by atoms with E-state index in [1.165, 1.54) is 0 Å². The number of nitrogens with two attached hydrogens (primary N) is 1. The number of likely N-dealkylation sites (N-methyl/N-ethyl adjacent to an activating group) is 1. The highest BCUT2D eigenvalue weighted by Gasteiger charge is 2.29. The van der Waals surface area contributed by atoms with Gasteiger partial charge in [0.25, 0.3) is 5.91 Å². The van der Waals surface area contributed by atoms with Gasteiger partial charge >= 0.3 is 5.97 Å². The van der Waals surface area contributed by atoms with E-state index in [9.17, 15) is 9.59 Å². The summed E-state index contributed by atoms with van der Waals surface area (Å²) in [5.41, 5.74) is 7.53. The van der Waals surface area contributed by atoms with Crippen molar-refractivity contribution in [3.05, 3.63) is 29.3 Å². The number of nitrogens with zero attached hydrogens (tertiary/aromatic N) is 1. The van der Waals surface area contributed by atoms with E-state index < -0.39 is 5.97 Å². The first-order valence-electron chi connectivity index (χ1n) is 6.28. The third-order valence-electron chi connectivity index (χ3n) is 3.32. The van der Waals surface area contributed by atoms with Gasteiger partial charge in [-0.25, -0.2) is 4.79 Å². The highest BCUT2D eigenvalue weighted by Crippen LogP contribution is 2.25. The topological polar surface area (TPSA) is 72.6 Å². The van der Waals surface area contributed by atoms with Crippen LogP contribution in [0.15, 0.2) is 18.2 Å². The van der Waals surface area contributed by atoms with Crippen LogP contribution in [-0.2, 0) is 9.53 Å². The van der Waals surface area contributed by atoms with E-state index in [1.807, 2.05) is 6.92 Å². The number of carbonyl (C=O) groups excluding carboxylic acids is 2. The summed E-state index contributed by atoms with van der Waals surface area (Å²) < 4.78 is 5.01. The number of carbonyl (C=O) groups is 2. The summed E-state index contributed by atoms with van der Waals surface area (Å²) in [6.07, 6.45) is 2.07. The smallest absolute Gasteiger partial charge is 0.338 e. The minimum Gasteiger partial charge on any atom is -0.452 e. The Morgan fingerprint density at radius 3 is 2.68 bits per heavy atom. The maximum absolute atomic E-state index is 11.8. The van der Waals surface area contributed by atoms with Crippen molar-refractivity contribution in [1.29, 1.82) is 0 Å². The summed E-state index contributed by atoms with van der Waals surface area (Å²) in [5.74, 6) is -0.663. The summed E-state index contributed by atoms with van der Waals surface area (Å²) >= 11 is 0. The van der Waals surface area contributed by atoms with Gasteiger partial charge in [-0.1, -0.05) is 0 Å². The van der Waals surface area contributed by atoms with Crippen LogP contribution >= 0.6 is 0 Å². The first-order chi connectivity index (χ1) is 8.99. The second kappa shape index (κ2) is 5.30. The Morgan fingerprint density at radius 1 is 1.42 bits per heavy atom. The van der Waals surface area contributed by atoms with Crippen LogP contribution in [0.25, 0.3) is 0 Å². The van der Waals surface area contributed by atoms with Gasteiger partial charge in [-0.3, -0.25) is 4.79 Å². The number of nitrogen functional groups attached to an aromatic ring is 1. The maximum Gasteiger partial charge on any atom is 0.338 e. The van der Waals surface area contributed by atoms with Crippen molar-refractivity contribution in [3.8, 4) is 0 Å². The lowest BCUT2D eigenvalue weighted by atomic mass is 10.1. The molecule has 0 radical (unpaired) electrons. The molecule has 1 amide bonds. The summed E-state index contributed by atoms with van der Waals surface area (Å²) in [5, 5.41) is 0. The first kappa shape index (κ1) is 13.4. The lowest BCUT2D eigenvalue weighted by Gasteiger charge is -2.16. The molecule has 1 aliphatic carbocycles. The minimum absolute atomic E-state index is 0.164. The third-order valence-corrected chi connectivity index (χ3v) is 3.32. The van der Waals surface area contributed by atoms with Crippen molar-refractivity contribution in [3.63, 3.8) is 0 Å². The zero-order valence-electron chi connectivity index (χ0n) is 11.2. The fraction of sp³-hybridized carbons (Fsp3) is 0.429. The van der Waals surface area contributed by atoms with E-state index in [0.717, 1.165) is 18.4 Å². The van der Waals surface area contributed by atoms with Crippen molar-refractivity contribution >= 4 is 17.6 Å². The molecule has 0 spiro atoms. The van der Waals surface area contributed by atoms with E-state index in [4.69, 9.17) is 10.5 Å². The molecule has 0 heterocycles. The second-order valence-electron chi connectivity index (χ2n) is 4.88. The predicted octanol–water partition coefficient (Wildman–Crippen LogP) is 1.35. The summed E-state index contributed by atoms with van der Waals surface area (Å²) in [6, 6.07) is 5.24. The molecule has 0 saturated heterocycles. The SMILES string of the molecule is Cc1cc(C(=O)OCC(=O)N(C)C2CC2)ccc1N. The average Bonchev–Trinajstić information content (AvgIpc) is 3.22. The Kier molecular flexibility index (Phi) is 3.74. The number of rotatable bonds is 4. The standard InChI is InChI=1S/C14H18N2O3/c1-9-7-10(3-6-12(9)15)14(18)19-8-13(17)16(2)11-4-5-11/h3,6-7,11H,4-5,8,15H2,1-2H3. The van der Waals surface area contributed by atoms with Crippen LogP contribution in [0.2, 0.25) is 0 Å². The van der Waals surface area contributed by atoms with Gasteiger partial charge in [0.2, 0.25) is 0 Å². The van der Waals surface area contributed by atoms with Gasteiger partial charge in [0.1, 0.15) is 0 Å². The molecule has 0 unspecified atom stereocenters. The molecule has 1 fully saturated rings. The van der Waals surface area contributed by atoms with Gasteiger partial charge < -0.3 is 15.4 Å². The van der Waals surface area contributed by atoms with Crippen molar-refractivity contribution < 1.29 is 14.3 Å². The number of hydrogen-bond donors (Lipinski definition) is 1. The molecule has 5 nitrogen and oxygen atoms in total. The fourth-order valence-electron chi connectivity index (χ4n) is 1.78. The fourth-order valence-corrected chi connectivity index (χ4v) is 1.78. The van der Waals surface area contributed by atoms with Crippen LogP contribution in [-0.4, -0.2) is 36.5 Å². The zero-order valence-corrected chi connectivity index (χ0v) is 11.2. The van der Waals surface area contributed by atoms with E-state index in [1.54, 1.807) is 30.1 Å². The molecular weight excluding hydrogens is 244 g/mol. The first-order valence-corrected chi connectivity index (χ1v) is 6.28. The molecule has 2 rings (SSSR count). The number of ether oxygens (including phenoxy) is 1. The molecule has 102 valence electrons. The van der Waals surface area contributed by atoms with E-state index in [-0.39, 0.29) is 12.5 Å². The Morgan fingerprint density at radius 2 is 2.11 bits per heavy atom. The second-order valence-corrected chi connectivity index (χ2v) is 4.88. The number of aryl methyl sites for hydroxylation is 1. The number of anilines is 1. The van der Waals surface area contributed by atoms with Crippen molar-refractivity contribution in [2.45, 2.75) is 25.8 Å². The molecular formula is C14H18N2O3. The van der Waals surface area contributed by atoms with Gasteiger partial charge in [0.05, 0.1) is 5.56 Å². The molecule has 0 aliphatic heterocycles. The Balaban J connectivity index is 1.89. The Bertz CT molecular complexity index is 509. The van der Waals surface area contributed by atoms with Gasteiger partial charge in [0.15, 0.2) is 6.61 Å². The van der Waals surface area contributed by atoms with Crippen molar-refractivity contribution in [2.75, 3.05) is 19.4 Å². The maximum atomic E-state index is 11.8. The van der Waals surface area contributed by atoms with E-state index in [2.05, 4.69) is 0 Å². The van der Waals surface area contributed by atoms with Crippen LogP contribution in [0.1, 0.15) is 28.8 Å². The molecule has 5 heteroatoms. The van der Waals surface area contributed by atoms with Crippen LogP contribution in [0.5, 0.6) is 0 Å². The van der Waals surface area contributed by atoms with Crippen LogP contribution < -0.4 is 5.73 Å². The largest absolute Gasteiger partial charge is 0.452 e. The Labute approximate surface area is 112 Å². The summed E-state index contributed by atoms with van der Waals surface area (Å²) in [6.45, 7) is 1.60. The normalized spacial score (nSPS) is 14.0. The van der Waals surface area contributed by atoms with Crippen LogP contribution in [0.4, 0.5) is 5.69 Å². The van der Waals surface area contributed by atoms with Crippen molar-refractivity contribution in [2.24, 2.45) is 0 Å². The van der Waals surface area contributed by atoms with Gasteiger partial charge in [-0.2, -0.15) is 0 Å². The molecule has 1 aliphatic rings. The molecule has 0 aromatic heterocycles. The highest BCUT2D eigenvalue weighted by atomic mass is 16.5. The molecule has 0 atom stereocenters. The molecule has 1 aromatic rings. The minimum atomic E-state index is -0.499. The molecule has 1 saturated carbocycles. The summed E-state index contributed by atoms with van der Waals surface area (Å²) in [4.78, 5) is 25.1. The third kappa shape index (κ3) is 3.24. The quantitative estimate of drug-likeness (QED) is 0.656. The molecule has 19 heavy (non-hydrogen) atoms. The van der Waals surface area contributed by atoms with Crippen LogP contribution in [0.3, 0.4) is 0 Å². The molecule has 1 aromatic carbocycles. The van der Waals surface area contributed by atoms with Crippen LogP contribution in [0, 0.1) is 6.92 Å². The lowest BCUT2D eigenvalue weighted by Crippen LogP contribution is -2.32. The van der Waals surface area contributed by atoms with Gasteiger partial charge in [-0.15, -0.1) is 0 Å². The van der Waals surface area contributed by atoms with Gasteiger partial charge in [0, 0.05) is 18.8 Å². The predicted molar refractivity (Wildman–Crippen MR) is 71.7 cm³/mol. The monoisotopic (exact) mass is 262 g/mol. The van der Waals surface area contributed by atoms with Crippen molar-refractivity contribution in [1.82, 2.24) is 4.90 Å². The number of benzene rings is 1. The number of esters is 1.